The Kier molecular flexibility index (Phi) is 5.05. The summed E-state index contributed by atoms with van der Waals surface area (Å²) in [6.07, 6.45) is 1.98. The largest absolute Gasteiger partial charge is 0.310 e. The van der Waals surface area contributed by atoms with Crippen LogP contribution in [-0.2, 0) is 19.3 Å². The lowest BCUT2D eigenvalue weighted by atomic mass is 10.2. The average molecular weight is 275 g/mol. The van der Waals surface area contributed by atoms with E-state index in [2.05, 4.69) is 54.6 Å². The summed E-state index contributed by atoms with van der Waals surface area (Å²) in [6.45, 7) is 5.26. The Balaban J connectivity index is 1.84. The summed E-state index contributed by atoms with van der Waals surface area (Å²) < 4.78 is 1.84. The van der Waals surface area contributed by atoms with Crippen LogP contribution in [0.5, 0.6) is 0 Å². The minimum absolute atomic E-state index is 0.526. The quantitative estimate of drug-likeness (QED) is 0.821. The average Bonchev–Trinajstić information content (AvgIpc) is 2.81. The Bertz CT molecular complexity index is 502. The van der Waals surface area contributed by atoms with Crippen molar-refractivity contribution in [3.63, 3.8) is 0 Å². The van der Waals surface area contributed by atoms with Crippen LogP contribution in [-0.4, -0.2) is 15.8 Å². The fraction of sp³-hybridized carbons (Fsp3) is 0.400. The monoisotopic (exact) mass is 275 g/mol. The van der Waals surface area contributed by atoms with E-state index in [0.717, 1.165) is 18.0 Å². The van der Waals surface area contributed by atoms with Crippen LogP contribution in [0.4, 0.5) is 0 Å². The molecule has 0 aliphatic rings. The molecule has 0 unspecified atom stereocenters. The van der Waals surface area contributed by atoms with Gasteiger partial charge in [0.1, 0.15) is 0 Å². The minimum atomic E-state index is 0.526. The van der Waals surface area contributed by atoms with Gasteiger partial charge in [0.2, 0.25) is 0 Å². The molecule has 2 aromatic rings. The fourth-order valence-electron chi connectivity index (χ4n) is 1.72. The van der Waals surface area contributed by atoms with Gasteiger partial charge in [-0.15, -0.1) is 11.8 Å². The zero-order valence-corrected chi connectivity index (χ0v) is 12.6. The molecule has 1 aromatic heterocycles. The standard InChI is InChI=1S/C15H21N3S/c1-12(2)16-10-13-4-6-15(7-5-13)19-11-14-8-9-18(3)17-14/h4-9,12,16H,10-11H2,1-3H3. The smallest absolute Gasteiger partial charge is 0.0727 e. The second-order valence-electron chi connectivity index (χ2n) is 4.95. The van der Waals surface area contributed by atoms with E-state index in [9.17, 15) is 0 Å². The summed E-state index contributed by atoms with van der Waals surface area (Å²) in [5, 5.41) is 7.80. The predicted octanol–water partition coefficient (Wildman–Crippen LogP) is 3.21. The third kappa shape index (κ3) is 4.73. The van der Waals surface area contributed by atoms with Gasteiger partial charge in [-0.05, 0) is 23.8 Å². The number of hydrogen-bond donors (Lipinski definition) is 1. The molecule has 0 aliphatic heterocycles. The van der Waals surface area contributed by atoms with Crippen molar-refractivity contribution >= 4 is 11.8 Å². The number of aromatic nitrogens is 2. The summed E-state index contributed by atoms with van der Waals surface area (Å²) in [4.78, 5) is 1.29. The Morgan fingerprint density at radius 3 is 2.53 bits per heavy atom. The van der Waals surface area contributed by atoms with Gasteiger partial charge in [0.15, 0.2) is 0 Å². The van der Waals surface area contributed by atoms with Crippen molar-refractivity contribution in [3.8, 4) is 0 Å². The van der Waals surface area contributed by atoms with E-state index in [4.69, 9.17) is 0 Å². The van der Waals surface area contributed by atoms with Crippen molar-refractivity contribution in [1.29, 1.82) is 0 Å². The highest BCUT2D eigenvalue weighted by molar-refractivity contribution is 7.98. The Morgan fingerprint density at radius 2 is 1.95 bits per heavy atom. The lowest BCUT2D eigenvalue weighted by molar-refractivity contribution is 0.588. The first-order valence-corrected chi connectivity index (χ1v) is 7.55. The third-order valence-corrected chi connectivity index (χ3v) is 3.84. The molecule has 19 heavy (non-hydrogen) atoms. The van der Waals surface area contributed by atoms with Crippen molar-refractivity contribution in [2.75, 3.05) is 0 Å². The van der Waals surface area contributed by atoms with E-state index in [1.165, 1.54) is 10.5 Å². The summed E-state index contributed by atoms with van der Waals surface area (Å²) in [7, 11) is 1.95. The van der Waals surface area contributed by atoms with Crippen LogP contribution >= 0.6 is 11.8 Å². The number of hydrogen-bond acceptors (Lipinski definition) is 3. The maximum atomic E-state index is 4.38. The molecule has 0 saturated heterocycles. The fourth-order valence-corrected chi connectivity index (χ4v) is 2.52. The van der Waals surface area contributed by atoms with Crippen LogP contribution in [0.3, 0.4) is 0 Å². The van der Waals surface area contributed by atoms with E-state index in [-0.39, 0.29) is 0 Å². The van der Waals surface area contributed by atoms with E-state index in [1.807, 2.05) is 29.7 Å². The van der Waals surface area contributed by atoms with Crippen molar-refractivity contribution < 1.29 is 0 Å². The lowest BCUT2D eigenvalue weighted by Gasteiger charge is -2.08. The number of rotatable bonds is 6. The molecule has 1 aromatic carbocycles. The highest BCUT2D eigenvalue weighted by Crippen LogP contribution is 2.22. The molecular weight excluding hydrogens is 254 g/mol. The predicted molar refractivity (Wildman–Crippen MR) is 81.2 cm³/mol. The topological polar surface area (TPSA) is 29.9 Å². The van der Waals surface area contributed by atoms with Gasteiger partial charge in [0, 0.05) is 36.5 Å². The minimum Gasteiger partial charge on any atom is -0.310 e. The first-order valence-electron chi connectivity index (χ1n) is 6.57. The molecule has 4 heteroatoms. The summed E-state index contributed by atoms with van der Waals surface area (Å²) in [6, 6.07) is 11.3. The molecule has 0 fully saturated rings. The third-order valence-electron chi connectivity index (χ3n) is 2.79. The van der Waals surface area contributed by atoms with Crippen molar-refractivity contribution in [1.82, 2.24) is 15.1 Å². The number of benzene rings is 1. The molecule has 0 aliphatic carbocycles. The van der Waals surface area contributed by atoms with E-state index < -0.39 is 0 Å². The van der Waals surface area contributed by atoms with E-state index >= 15 is 0 Å². The second-order valence-corrected chi connectivity index (χ2v) is 6.00. The first kappa shape index (κ1) is 14.2. The van der Waals surface area contributed by atoms with Gasteiger partial charge >= 0.3 is 0 Å². The van der Waals surface area contributed by atoms with E-state index in [1.54, 1.807) is 0 Å². The number of nitrogens with zero attached hydrogens (tertiary/aromatic N) is 2. The van der Waals surface area contributed by atoms with Gasteiger partial charge in [0.05, 0.1) is 5.69 Å². The highest BCUT2D eigenvalue weighted by Gasteiger charge is 2.00. The first-order chi connectivity index (χ1) is 9.13. The zero-order valence-electron chi connectivity index (χ0n) is 11.8. The zero-order chi connectivity index (χ0) is 13.7. The molecule has 0 amide bonds. The molecule has 1 heterocycles. The number of nitrogens with one attached hydrogen (secondary N) is 1. The second kappa shape index (κ2) is 6.78. The maximum Gasteiger partial charge on any atom is 0.0727 e. The Labute approximate surface area is 119 Å². The highest BCUT2D eigenvalue weighted by atomic mass is 32.2. The van der Waals surface area contributed by atoms with Gasteiger partial charge in [-0.1, -0.05) is 26.0 Å². The summed E-state index contributed by atoms with van der Waals surface area (Å²) in [5.41, 5.74) is 2.45. The van der Waals surface area contributed by atoms with Crippen LogP contribution in [0, 0.1) is 0 Å². The van der Waals surface area contributed by atoms with Crippen molar-refractivity contribution in [2.45, 2.75) is 37.1 Å². The molecule has 0 spiro atoms. The molecule has 2 rings (SSSR count). The van der Waals surface area contributed by atoms with E-state index in [0.29, 0.717) is 6.04 Å². The number of thioether (sulfide) groups is 1. The Morgan fingerprint density at radius 1 is 1.21 bits per heavy atom. The molecule has 1 N–H and O–H groups in total. The Hall–Kier alpha value is -1.26. The summed E-state index contributed by atoms with van der Waals surface area (Å²) in [5.74, 6) is 0.921. The van der Waals surface area contributed by atoms with Crippen LogP contribution in [0.1, 0.15) is 25.1 Å². The molecule has 0 radical (unpaired) electrons. The molecule has 0 atom stereocenters. The summed E-state index contributed by atoms with van der Waals surface area (Å²) >= 11 is 1.82. The molecule has 3 nitrogen and oxygen atoms in total. The SMILES string of the molecule is CC(C)NCc1ccc(SCc2ccn(C)n2)cc1. The lowest BCUT2D eigenvalue weighted by Crippen LogP contribution is -2.21. The molecule has 0 saturated carbocycles. The van der Waals surface area contributed by atoms with Gasteiger partial charge < -0.3 is 5.32 Å². The maximum absolute atomic E-state index is 4.38. The molecular formula is C15H21N3S. The van der Waals surface area contributed by atoms with Gasteiger partial charge in [-0.25, -0.2) is 0 Å². The van der Waals surface area contributed by atoms with Crippen LogP contribution in [0.2, 0.25) is 0 Å². The van der Waals surface area contributed by atoms with Crippen molar-refractivity contribution in [3.05, 3.63) is 47.8 Å². The molecule has 0 bridgehead atoms. The van der Waals surface area contributed by atoms with Crippen LogP contribution in [0.15, 0.2) is 41.4 Å². The number of aryl methyl sites for hydroxylation is 1. The van der Waals surface area contributed by atoms with Gasteiger partial charge in [-0.2, -0.15) is 5.10 Å². The van der Waals surface area contributed by atoms with Gasteiger partial charge in [-0.3, -0.25) is 4.68 Å². The normalized spacial score (nSPS) is 11.2. The van der Waals surface area contributed by atoms with Crippen LogP contribution < -0.4 is 5.32 Å². The van der Waals surface area contributed by atoms with Crippen LogP contribution in [0.25, 0.3) is 0 Å². The van der Waals surface area contributed by atoms with Crippen molar-refractivity contribution in [2.24, 2.45) is 7.05 Å². The van der Waals surface area contributed by atoms with Gasteiger partial charge in [0.25, 0.3) is 0 Å². The molecule has 102 valence electrons.